The molecule has 3 aliphatic rings. The fraction of sp³-hybridized carbons (Fsp3) is 0.400. The van der Waals surface area contributed by atoms with Gasteiger partial charge >= 0.3 is 0 Å². The second-order valence-corrected chi connectivity index (χ2v) is 12.0. The molecule has 6 rings (SSSR count). The molecule has 1 saturated carbocycles. The van der Waals surface area contributed by atoms with Crippen molar-refractivity contribution in [1.29, 1.82) is 0 Å². The van der Waals surface area contributed by atoms with Gasteiger partial charge in [0.05, 0.1) is 11.4 Å². The highest BCUT2D eigenvalue weighted by molar-refractivity contribution is 6.24. The standard InChI is InChI=1S/C35H41N5O2/c1-39-18-20-40(21-19-39)24-26-12-15-29(16-13-26)37-33(27-10-6-3-7-11-27)32-30-22-28(14-17-31(30)38-35(32)42)34(41)36-23-25-8-4-2-5-9-25/h3,6-7,10-17,22,25,32H,2,4-5,8-9,18-21,23-24H2,1H3,(H,36,41)(H,38,42). The summed E-state index contributed by atoms with van der Waals surface area (Å²) in [7, 11) is 2.17. The molecule has 1 atom stereocenters. The highest BCUT2D eigenvalue weighted by Gasteiger charge is 2.36. The number of rotatable bonds is 8. The summed E-state index contributed by atoms with van der Waals surface area (Å²) < 4.78 is 0. The lowest BCUT2D eigenvalue weighted by Crippen LogP contribution is -2.43. The maximum Gasteiger partial charge on any atom is 0.251 e. The second kappa shape index (κ2) is 13.0. The molecule has 7 heteroatoms. The first-order chi connectivity index (χ1) is 20.5. The smallest absolute Gasteiger partial charge is 0.251 e. The zero-order valence-corrected chi connectivity index (χ0v) is 24.5. The average molecular weight is 564 g/mol. The predicted octanol–water partition coefficient (Wildman–Crippen LogP) is 5.60. The van der Waals surface area contributed by atoms with Gasteiger partial charge in [-0.1, -0.05) is 61.7 Å². The highest BCUT2D eigenvalue weighted by Crippen LogP contribution is 2.37. The van der Waals surface area contributed by atoms with Crippen LogP contribution in [0.1, 0.15) is 65.1 Å². The first-order valence-electron chi connectivity index (χ1n) is 15.4. The van der Waals surface area contributed by atoms with Crippen LogP contribution in [0.5, 0.6) is 0 Å². The zero-order valence-electron chi connectivity index (χ0n) is 24.5. The number of likely N-dealkylation sites (N-methyl/N-ethyl adjacent to an activating group) is 1. The molecule has 0 bridgehead atoms. The predicted molar refractivity (Wildman–Crippen MR) is 169 cm³/mol. The van der Waals surface area contributed by atoms with E-state index in [-0.39, 0.29) is 11.8 Å². The molecule has 3 aromatic carbocycles. The van der Waals surface area contributed by atoms with Crippen LogP contribution in [0.15, 0.2) is 77.8 Å². The molecule has 3 aromatic rings. The minimum atomic E-state index is -0.612. The topological polar surface area (TPSA) is 77.0 Å². The number of amides is 2. The number of carbonyl (C=O) groups excluding carboxylic acids is 2. The first-order valence-corrected chi connectivity index (χ1v) is 15.4. The Bertz CT molecular complexity index is 1420. The maximum atomic E-state index is 13.4. The van der Waals surface area contributed by atoms with Crippen molar-refractivity contribution >= 4 is 28.9 Å². The largest absolute Gasteiger partial charge is 0.352 e. The molecule has 2 aliphatic heterocycles. The number of anilines is 1. The zero-order chi connectivity index (χ0) is 28.9. The van der Waals surface area contributed by atoms with Crippen LogP contribution in [-0.2, 0) is 11.3 Å². The van der Waals surface area contributed by atoms with Gasteiger partial charge in [-0.05, 0) is 72.8 Å². The third-order valence-electron chi connectivity index (χ3n) is 8.95. The van der Waals surface area contributed by atoms with Crippen molar-refractivity contribution in [3.8, 4) is 0 Å². The van der Waals surface area contributed by atoms with Crippen LogP contribution in [0.2, 0.25) is 0 Å². The molecule has 1 aliphatic carbocycles. The monoisotopic (exact) mass is 563 g/mol. The van der Waals surface area contributed by atoms with E-state index in [2.05, 4.69) is 39.6 Å². The minimum absolute atomic E-state index is 0.0874. The normalized spacial score (nSPS) is 20.3. The van der Waals surface area contributed by atoms with E-state index in [9.17, 15) is 9.59 Å². The Labute approximate surface area is 249 Å². The van der Waals surface area contributed by atoms with Crippen LogP contribution in [-0.4, -0.2) is 67.1 Å². The first kappa shape index (κ1) is 28.3. The van der Waals surface area contributed by atoms with E-state index in [1.54, 1.807) is 6.07 Å². The van der Waals surface area contributed by atoms with Gasteiger partial charge in [-0.2, -0.15) is 0 Å². The molecule has 218 valence electrons. The van der Waals surface area contributed by atoms with Crippen molar-refractivity contribution in [2.75, 3.05) is 45.1 Å². The Hall–Kier alpha value is -3.81. The lowest BCUT2D eigenvalue weighted by Gasteiger charge is -2.32. The molecule has 2 fully saturated rings. The molecule has 2 amide bonds. The third-order valence-corrected chi connectivity index (χ3v) is 8.95. The molecule has 0 aromatic heterocycles. The van der Waals surface area contributed by atoms with Crippen molar-refractivity contribution in [2.45, 2.75) is 44.6 Å². The number of carbonyl (C=O) groups is 2. The van der Waals surface area contributed by atoms with Crippen LogP contribution in [0.4, 0.5) is 11.4 Å². The molecular formula is C35H41N5O2. The highest BCUT2D eigenvalue weighted by atomic mass is 16.2. The fourth-order valence-corrected chi connectivity index (χ4v) is 6.39. The van der Waals surface area contributed by atoms with E-state index in [4.69, 9.17) is 4.99 Å². The fourth-order valence-electron chi connectivity index (χ4n) is 6.39. The van der Waals surface area contributed by atoms with Crippen molar-refractivity contribution < 1.29 is 9.59 Å². The average Bonchev–Trinajstić information content (AvgIpc) is 3.36. The van der Waals surface area contributed by atoms with Gasteiger partial charge in [0, 0.05) is 50.5 Å². The summed E-state index contributed by atoms with van der Waals surface area (Å²) in [4.78, 5) is 36.5. The van der Waals surface area contributed by atoms with E-state index in [0.717, 1.165) is 55.2 Å². The van der Waals surface area contributed by atoms with Crippen molar-refractivity contribution in [3.05, 3.63) is 95.1 Å². The van der Waals surface area contributed by atoms with E-state index < -0.39 is 5.92 Å². The number of aliphatic imine (C=N–C) groups is 1. The number of nitrogens with zero attached hydrogens (tertiary/aromatic N) is 3. The van der Waals surface area contributed by atoms with E-state index in [0.29, 0.717) is 23.7 Å². The molecule has 1 unspecified atom stereocenters. The van der Waals surface area contributed by atoms with Crippen molar-refractivity contribution in [1.82, 2.24) is 15.1 Å². The van der Waals surface area contributed by atoms with Gasteiger partial charge < -0.3 is 15.5 Å². The van der Waals surface area contributed by atoms with Gasteiger partial charge in [-0.3, -0.25) is 19.5 Å². The summed E-state index contributed by atoms with van der Waals surface area (Å²) >= 11 is 0. The molecule has 2 N–H and O–H groups in total. The summed E-state index contributed by atoms with van der Waals surface area (Å²) in [6.07, 6.45) is 6.14. The Morgan fingerprint density at radius 1 is 0.905 bits per heavy atom. The minimum Gasteiger partial charge on any atom is -0.352 e. The number of hydrogen-bond donors (Lipinski definition) is 2. The number of piperazine rings is 1. The van der Waals surface area contributed by atoms with Crippen LogP contribution in [0.25, 0.3) is 0 Å². The van der Waals surface area contributed by atoms with E-state index >= 15 is 0 Å². The van der Waals surface area contributed by atoms with Crippen molar-refractivity contribution in [3.63, 3.8) is 0 Å². The van der Waals surface area contributed by atoms with Crippen LogP contribution < -0.4 is 10.6 Å². The number of hydrogen-bond acceptors (Lipinski definition) is 5. The summed E-state index contributed by atoms with van der Waals surface area (Å²) in [5, 5.41) is 6.17. The lowest BCUT2D eigenvalue weighted by molar-refractivity contribution is -0.115. The third kappa shape index (κ3) is 6.63. The van der Waals surface area contributed by atoms with E-state index in [1.807, 2.05) is 54.6 Å². The molecule has 2 heterocycles. The SMILES string of the molecule is CN1CCN(Cc2ccc(N=C(c3ccccc3)C3C(=O)Nc4ccc(C(=O)NCC5CCCCC5)cc43)cc2)CC1. The molecule has 0 spiro atoms. The summed E-state index contributed by atoms with van der Waals surface area (Å²) in [5.41, 5.74) is 5.73. The van der Waals surface area contributed by atoms with Gasteiger partial charge in [-0.25, -0.2) is 0 Å². The summed E-state index contributed by atoms with van der Waals surface area (Å²) in [6, 6.07) is 23.7. The molecule has 7 nitrogen and oxygen atoms in total. The van der Waals surface area contributed by atoms with Gasteiger partial charge in [0.15, 0.2) is 0 Å². The number of fused-ring (bicyclic) bond motifs is 1. The van der Waals surface area contributed by atoms with Gasteiger partial charge in [-0.15, -0.1) is 0 Å². The van der Waals surface area contributed by atoms with Crippen LogP contribution in [0, 0.1) is 5.92 Å². The summed E-state index contributed by atoms with van der Waals surface area (Å²) in [6.45, 7) is 5.97. The number of benzene rings is 3. The Morgan fingerprint density at radius 2 is 1.64 bits per heavy atom. The Morgan fingerprint density at radius 3 is 2.38 bits per heavy atom. The quantitative estimate of drug-likeness (QED) is 0.350. The Kier molecular flexibility index (Phi) is 8.77. The van der Waals surface area contributed by atoms with Crippen LogP contribution >= 0.6 is 0 Å². The summed E-state index contributed by atoms with van der Waals surface area (Å²) in [5.74, 6) is -0.272. The van der Waals surface area contributed by atoms with Gasteiger partial charge in [0.1, 0.15) is 5.92 Å². The second-order valence-electron chi connectivity index (χ2n) is 12.0. The van der Waals surface area contributed by atoms with Gasteiger partial charge in [0.2, 0.25) is 5.91 Å². The maximum absolute atomic E-state index is 13.4. The molecular weight excluding hydrogens is 522 g/mol. The molecule has 0 radical (unpaired) electrons. The molecule has 42 heavy (non-hydrogen) atoms. The van der Waals surface area contributed by atoms with Gasteiger partial charge in [0.25, 0.3) is 5.91 Å². The van der Waals surface area contributed by atoms with E-state index in [1.165, 1.54) is 37.7 Å². The lowest BCUT2D eigenvalue weighted by atomic mass is 9.89. The Balaban J connectivity index is 1.25. The van der Waals surface area contributed by atoms with Crippen molar-refractivity contribution in [2.24, 2.45) is 10.9 Å². The molecule has 1 saturated heterocycles. The number of nitrogens with one attached hydrogen (secondary N) is 2. The van der Waals surface area contributed by atoms with Crippen LogP contribution in [0.3, 0.4) is 0 Å².